The van der Waals surface area contributed by atoms with Gasteiger partial charge in [-0.15, -0.1) is 0 Å². The smallest absolute Gasteiger partial charge is 0.120 e. The molecule has 1 aliphatic heterocycles. The molecule has 34 heavy (non-hydrogen) atoms. The highest BCUT2D eigenvalue weighted by Gasteiger charge is 2.19. The minimum atomic E-state index is 0.398. The van der Waals surface area contributed by atoms with Crippen LogP contribution in [0, 0.1) is 10.7 Å². The largest absolute Gasteiger partial charge is 0.508 e. The molecule has 3 nitrogen and oxygen atoms in total. The van der Waals surface area contributed by atoms with Gasteiger partial charge in [0, 0.05) is 44.8 Å². The van der Waals surface area contributed by atoms with Gasteiger partial charge >= 0.3 is 0 Å². The van der Waals surface area contributed by atoms with Crippen molar-refractivity contribution in [1.82, 2.24) is 9.80 Å². The molecular weight excluding hydrogens is 477 g/mol. The van der Waals surface area contributed by atoms with Crippen LogP contribution in [-0.2, 0) is 19.5 Å². The predicted molar refractivity (Wildman–Crippen MR) is 150 cm³/mol. The molecule has 182 valence electrons. The van der Waals surface area contributed by atoms with E-state index in [-0.39, 0.29) is 0 Å². The Hall–Kier alpha value is -1.57. The lowest BCUT2D eigenvalue weighted by molar-refractivity contribution is 0.121. The van der Waals surface area contributed by atoms with E-state index in [0.717, 1.165) is 55.1 Å². The van der Waals surface area contributed by atoms with Crippen LogP contribution >= 0.6 is 32.9 Å². The Morgan fingerprint density at radius 1 is 0.882 bits per heavy atom. The lowest BCUT2D eigenvalue weighted by Gasteiger charge is -2.35. The van der Waals surface area contributed by atoms with E-state index in [4.69, 9.17) is 12.2 Å². The van der Waals surface area contributed by atoms with Crippen molar-refractivity contribution in [2.24, 2.45) is 0 Å². The standard InChI is InChI=1S/C28H36N2OS3/c1-3-4-5-6-11-25-27(33-34-28(25)32)22-12-13-26(31)24(18-22)20-30-16-14-29(15-17-30)19-23-10-8-7-9-21(23)2/h7-10,12-13,18,31H,3-6,11,14-17,19-20H2,1-2H3. The highest BCUT2D eigenvalue weighted by molar-refractivity contribution is 7.80. The molecule has 1 aromatic heterocycles. The second kappa shape index (κ2) is 12.4. The summed E-state index contributed by atoms with van der Waals surface area (Å²) in [5.41, 5.74) is 6.35. The van der Waals surface area contributed by atoms with Gasteiger partial charge < -0.3 is 5.11 Å². The molecule has 1 aliphatic rings. The summed E-state index contributed by atoms with van der Waals surface area (Å²) in [5, 5.41) is 10.6. The highest BCUT2D eigenvalue weighted by Crippen LogP contribution is 2.37. The van der Waals surface area contributed by atoms with Crippen LogP contribution in [0.2, 0.25) is 0 Å². The minimum absolute atomic E-state index is 0.398. The molecule has 2 aromatic carbocycles. The van der Waals surface area contributed by atoms with Crippen molar-refractivity contribution < 1.29 is 5.11 Å². The molecule has 0 atom stereocenters. The Kier molecular flexibility index (Phi) is 9.31. The zero-order valence-electron chi connectivity index (χ0n) is 20.4. The third kappa shape index (κ3) is 6.55. The van der Waals surface area contributed by atoms with E-state index in [2.05, 4.69) is 60.0 Å². The topological polar surface area (TPSA) is 26.7 Å². The number of rotatable bonds is 10. The first kappa shape index (κ1) is 25.5. The monoisotopic (exact) mass is 512 g/mol. The number of benzene rings is 2. The predicted octanol–water partition coefficient (Wildman–Crippen LogP) is 7.66. The zero-order chi connectivity index (χ0) is 23.9. The third-order valence-corrected chi connectivity index (χ3v) is 10.1. The number of hydrogen-bond acceptors (Lipinski definition) is 6. The SMILES string of the molecule is CCCCCCc1c(-c2ccc(O)c(CN3CCN(Cc4ccccc4C)CC3)c2)ssc1=S. The summed E-state index contributed by atoms with van der Waals surface area (Å²) in [5.74, 6) is 0.398. The average Bonchev–Trinajstić information content (AvgIpc) is 3.21. The van der Waals surface area contributed by atoms with Gasteiger partial charge in [-0.05, 0) is 60.2 Å². The van der Waals surface area contributed by atoms with Crippen molar-refractivity contribution in [2.45, 2.75) is 59.0 Å². The second-order valence-electron chi connectivity index (χ2n) is 9.39. The van der Waals surface area contributed by atoms with Gasteiger partial charge in [0.25, 0.3) is 0 Å². The van der Waals surface area contributed by atoms with Gasteiger partial charge in [-0.25, -0.2) is 0 Å². The van der Waals surface area contributed by atoms with E-state index in [9.17, 15) is 5.11 Å². The summed E-state index contributed by atoms with van der Waals surface area (Å²) in [7, 11) is 3.51. The van der Waals surface area contributed by atoms with Gasteiger partial charge in [-0.3, -0.25) is 9.80 Å². The second-order valence-corrected chi connectivity index (χ2v) is 12.2. The Balaban J connectivity index is 1.39. The zero-order valence-corrected chi connectivity index (χ0v) is 22.8. The van der Waals surface area contributed by atoms with Crippen LogP contribution in [0.25, 0.3) is 10.4 Å². The highest BCUT2D eigenvalue weighted by atomic mass is 32.9. The van der Waals surface area contributed by atoms with E-state index < -0.39 is 0 Å². The van der Waals surface area contributed by atoms with E-state index in [1.54, 1.807) is 20.7 Å². The maximum Gasteiger partial charge on any atom is 0.120 e. The molecule has 0 bridgehead atoms. The lowest BCUT2D eigenvalue weighted by atomic mass is 10.0. The van der Waals surface area contributed by atoms with Gasteiger partial charge in [0.1, 0.15) is 9.57 Å². The Bertz CT molecular complexity index is 1130. The number of aromatic hydroxyl groups is 1. The molecule has 0 unspecified atom stereocenters. The van der Waals surface area contributed by atoms with Crippen molar-refractivity contribution >= 4 is 32.9 Å². The summed E-state index contributed by atoms with van der Waals surface area (Å²) in [6, 6.07) is 14.8. The van der Waals surface area contributed by atoms with Crippen LogP contribution in [0.1, 0.15) is 54.9 Å². The van der Waals surface area contributed by atoms with Gasteiger partial charge in [0.15, 0.2) is 0 Å². The summed E-state index contributed by atoms with van der Waals surface area (Å²) < 4.78 is 1.04. The minimum Gasteiger partial charge on any atom is -0.508 e. The Morgan fingerprint density at radius 2 is 1.59 bits per heavy atom. The number of hydrogen-bond donors (Lipinski definition) is 1. The maximum atomic E-state index is 10.6. The molecule has 6 heteroatoms. The van der Waals surface area contributed by atoms with Crippen molar-refractivity contribution in [3.05, 3.63) is 68.5 Å². The van der Waals surface area contributed by atoms with Crippen molar-refractivity contribution in [1.29, 1.82) is 0 Å². The Labute approximate surface area is 217 Å². The number of aryl methyl sites for hydroxylation is 1. The lowest BCUT2D eigenvalue weighted by Crippen LogP contribution is -2.45. The molecule has 0 spiro atoms. The van der Waals surface area contributed by atoms with Crippen LogP contribution in [0.3, 0.4) is 0 Å². The number of phenols is 1. The van der Waals surface area contributed by atoms with E-state index in [1.165, 1.54) is 52.8 Å². The Morgan fingerprint density at radius 3 is 2.29 bits per heavy atom. The van der Waals surface area contributed by atoms with Crippen LogP contribution in [0.15, 0.2) is 42.5 Å². The molecule has 4 rings (SSSR count). The van der Waals surface area contributed by atoms with Crippen molar-refractivity contribution in [3.8, 4) is 16.2 Å². The van der Waals surface area contributed by atoms with Gasteiger partial charge in [0.2, 0.25) is 0 Å². The summed E-state index contributed by atoms with van der Waals surface area (Å²) in [6.45, 7) is 10.4. The van der Waals surface area contributed by atoms with Crippen LogP contribution in [0.4, 0.5) is 0 Å². The molecule has 1 saturated heterocycles. The molecule has 3 aromatic rings. The summed E-state index contributed by atoms with van der Waals surface area (Å²) in [4.78, 5) is 6.31. The number of piperazine rings is 1. The molecule has 0 radical (unpaired) electrons. The fourth-order valence-electron chi connectivity index (χ4n) is 4.67. The quantitative estimate of drug-likeness (QED) is 0.171. The fourth-order valence-corrected chi connectivity index (χ4v) is 7.67. The maximum absolute atomic E-state index is 10.6. The van der Waals surface area contributed by atoms with Gasteiger partial charge in [-0.1, -0.05) is 83.4 Å². The van der Waals surface area contributed by atoms with Gasteiger partial charge in [0.05, 0.1) is 4.88 Å². The molecule has 0 aliphatic carbocycles. The van der Waals surface area contributed by atoms with Crippen LogP contribution in [0.5, 0.6) is 5.75 Å². The number of phenolic OH excluding ortho intramolecular Hbond substituents is 1. The first-order valence-electron chi connectivity index (χ1n) is 12.5. The molecule has 0 saturated carbocycles. The van der Waals surface area contributed by atoms with Crippen molar-refractivity contribution in [3.63, 3.8) is 0 Å². The van der Waals surface area contributed by atoms with E-state index >= 15 is 0 Å². The van der Waals surface area contributed by atoms with Gasteiger partial charge in [-0.2, -0.15) is 0 Å². The molecule has 0 amide bonds. The van der Waals surface area contributed by atoms with Crippen LogP contribution in [-0.4, -0.2) is 41.1 Å². The summed E-state index contributed by atoms with van der Waals surface area (Å²) >= 11 is 5.67. The number of nitrogens with zero attached hydrogens (tertiary/aromatic N) is 2. The third-order valence-electron chi connectivity index (χ3n) is 6.86. The van der Waals surface area contributed by atoms with E-state index in [0.29, 0.717) is 5.75 Å². The molecule has 2 heterocycles. The number of unbranched alkanes of at least 4 members (excludes halogenated alkanes) is 3. The van der Waals surface area contributed by atoms with Crippen molar-refractivity contribution in [2.75, 3.05) is 26.2 Å². The molecule has 1 N–H and O–H groups in total. The first-order valence-corrected chi connectivity index (χ1v) is 15.0. The van der Waals surface area contributed by atoms with E-state index in [1.807, 2.05) is 6.07 Å². The normalized spacial score (nSPS) is 15.1. The molecular formula is C28H36N2OS3. The fraction of sp³-hybridized carbons (Fsp3) is 0.464. The summed E-state index contributed by atoms with van der Waals surface area (Å²) in [6.07, 6.45) is 6.07. The first-order chi connectivity index (χ1) is 16.5. The van der Waals surface area contributed by atoms with Crippen LogP contribution < -0.4 is 0 Å². The average molecular weight is 513 g/mol. The molecule has 1 fully saturated rings.